The third kappa shape index (κ3) is 2.18. The largest absolute Gasteiger partial charge is 0.415 e. The fraction of sp³-hybridized carbons (Fsp3) is 0.600. The maximum Gasteiger partial charge on any atom is 0.415 e. The van der Waals surface area contributed by atoms with Crippen LogP contribution in [-0.4, -0.2) is 41.3 Å². The molecule has 0 saturated carbocycles. The molecule has 2 rings (SSSR count). The molecular weight excluding hydrogens is 194 g/mol. The Morgan fingerprint density at radius 1 is 1.60 bits per heavy atom. The van der Waals surface area contributed by atoms with Crippen LogP contribution in [0.1, 0.15) is 6.92 Å². The van der Waals surface area contributed by atoms with Gasteiger partial charge in [0.2, 0.25) is 0 Å². The van der Waals surface area contributed by atoms with Crippen molar-refractivity contribution in [3.63, 3.8) is 0 Å². The Bertz CT molecular complexity index is 361. The smallest absolute Gasteiger partial charge is 0.375 e. The second kappa shape index (κ2) is 4.02. The molecule has 0 bridgehead atoms. The van der Waals surface area contributed by atoms with E-state index in [4.69, 9.17) is 4.74 Å². The van der Waals surface area contributed by atoms with Crippen LogP contribution < -0.4 is 4.57 Å². The van der Waals surface area contributed by atoms with Crippen LogP contribution in [0, 0.1) is 0 Å². The number of aryl methyl sites for hydroxylation is 1. The molecule has 15 heavy (non-hydrogen) atoms. The molecule has 1 aliphatic rings. The monoisotopic (exact) mass is 210 g/mol. The first kappa shape index (κ1) is 10.2. The van der Waals surface area contributed by atoms with Crippen molar-refractivity contribution in [2.24, 2.45) is 7.05 Å². The molecule has 1 aromatic heterocycles. The summed E-state index contributed by atoms with van der Waals surface area (Å²) in [6.45, 7) is 3.95. The van der Waals surface area contributed by atoms with Crippen molar-refractivity contribution >= 4 is 6.03 Å². The van der Waals surface area contributed by atoms with Gasteiger partial charge in [0.1, 0.15) is 12.4 Å². The highest BCUT2D eigenvalue weighted by molar-refractivity contribution is 5.76. The summed E-state index contributed by atoms with van der Waals surface area (Å²) in [4.78, 5) is 13.8. The van der Waals surface area contributed by atoms with Gasteiger partial charge in [-0.1, -0.05) is 0 Å². The number of hydrogen-bond donors (Lipinski definition) is 0. The molecule has 1 unspecified atom stereocenters. The average Bonchev–Trinajstić information content (AvgIpc) is 2.64. The van der Waals surface area contributed by atoms with E-state index in [-0.39, 0.29) is 12.1 Å². The Morgan fingerprint density at radius 3 is 3.00 bits per heavy atom. The molecule has 1 amide bonds. The van der Waals surface area contributed by atoms with Crippen molar-refractivity contribution in [1.29, 1.82) is 0 Å². The second-order valence-electron chi connectivity index (χ2n) is 3.90. The Kier molecular flexibility index (Phi) is 2.73. The molecule has 0 spiro atoms. The van der Waals surface area contributed by atoms with Crippen molar-refractivity contribution in [1.82, 2.24) is 9.47 Å². The van der Waals surface area contributed by atoms with E-state index in [0.29, 0.717) is 19.7 Å². The van der Waals surface area contributed by atoms with Gasteiger partial charge in [0.05, 0.1) is 26.3 Å². The third-order valence-electron chi connectivity index (χ3n) is 2.50. The molecule has 82 valence electrons. The lowest BCUT2D eigenvalue weighted by atomic mass is 10.3. The summed E-state index contributed by atoms with van der Waals surface area (Å²) in [5.41, 5.74) is 0. The van der Waals surface area contributed by atoms with Gasteiger partial charge in [-0.2, -0.15) is 4.57 Å². The van der Waals surface area contributed by atoms with E-state index in [1.54, 1.807) is 17.1 Å². The van der Waals surface area contributed by atoms with Crippen LogP contribution in [0.15, 0.2) is 18.7 Å². The molecule has 0 radical (unpaired) electrons. The number of morpholine rings is 1. The number of carbonyl (C=O) groups excluding carboxylic acids is 1. The number of carbonyl (C=O) groups is 1. The van der Waals surface area contributed by atoms with Crippen molar-refractivity contribution in [2.45, 2.75) is 13.0 Å². The van der Waals surface area contributed by atoms with Crippen molar-refractivity contribution in [3.8, 4) is 0 Å². The predicted octanol–water partition coefficient (Wildman–Crippen LogP) is 0.00140. The fourth-order valence-electron chi connectivity index (χ4n) is 1.72. The zero-order valence-electron chi connectivity index (χ0n) is 9.09. The van der Waals surface area contributed by atoms with Crippen LogP contribution in [0.4, 0.5) is 4.79 Å². The second-order valence-corrected chi connectivity index (χ2v) is 3.90. The van der Waals surface area contributed by atoms with E-state index in [2.05, 4.69) is 0 Å². The zero-order valence-corrected chi connectivity index (χ0v) is 9.09. The standard InChI is InChI=1S/C10H16N3O2/c1-9-7-12(5-6-15-9)10(14)13-4-3-11(2)8-13/h3-4,8-9H,5-7H2,1-2H3/q+1. The Labute approximate surface area is 88.9 Å². The van der Waals surface area contributed by atoms with Crippen LogP contribution in [0.5, 0.6) is 0 Å². The molecule has 5 nitrogen and oxygen atoms in total. The van der Waals surface area contributed by atoms with E-state index >= 15 is 0 Å². The van der Waals surface area contributed by atoms with E-state index in [0.717, 1.165) is 0 Å². The SMILES string of the molecule is CC1CN(C(=O)n2cc[n+](C)c2)CCO1. The van der Waals surface area contributed by atoms with E-state index in [1.807, 2.05) is 29.6 Å². The summed E-state index contributed by atoms with van der Waals surface area (Å²) >= 11 is 0. The summed E-state index contributed by atoms with van der Waals surface area (Å²) in [7, 11) is 1.89. The first-order chi connectivity index (χ1) is 7.16. The highest BCUT2D eigenvalue weighted by Crippen LogP contribution is 2.06. The molecule has 0 N–H and O–H groups in total. The average molecular weight is 210 g/mol. The molecule has 1 aliphatic heterocycles. The first-order valence-corrected chi connectivity index (χ1v) is 5.11. The molecule has 0 aromatic carbocycles. The summed E-state index contributed by atoms with van der Waals surface area (Å²) in [6, 6.07) is 0.0192. The molecule has 1 saturated heterocycles. The third-order valence-corrected chi connectivity index (χ3v) is 2.50. The lowest BCUT2D eigenvalue weighted by molar-refractivity contribution is -0.670. The van der Waals surface area contributed by atoms with Gasteiger partial charge in [0.15, 0.2) is 0 Å². The van der Waals surface area contributed by atoms with Crippen molar-refractivity contribution in [2.75, 3.05) is 19.7 Å². The number of nitrogens with zero attached hydrogens (tertiary/aromatic N) is 3. The summed E-state index contributed by atoms with van der Waals surface area (Å²) in [5.74, 6) is 0. The summed E-state index contributed by atoms with van der Waals surface area (Å²) in [6.07, 6.45) is 5.51. The molecule has 2 heterocycles. The number of rotatable bonds is 0. The topological polar surface area (TPSA) is 38.4 Å². The van der Waals surface area contributed by atoms with Crippen molar-refractivity contribution in [3.05, 3.63) is 18.7 Å². The van der Waals surface area contributed by atoms with Gasteiger partial charge in [0, 0.05) is 6.54 Å². The maximum atomic E-state index is 12.0. The number of hydrogen-bond acceptors (Lipinski definition) is 2. The van der Waals surface area contributed by atoms with Gasteiger partial charge in [-0.15, -0.1) is 0 Å². The highest BCUT2D eigenvalue weighted by Gasteiger charge is 2.25. The van der Waals surface area contributed by atoms with E-state index in [9.17, 15) is 4.79 Å². The zero-order chi connectivity index (χ0) is 10.8. The minimum Gasteiger partial charge on any atom is -0.375 e. The lowest BCUT2D eigenvalue weighted by Crippen LogP contribution is -2.46. The number of imidazole rings is 1. The van der Waals surface area contributed by atoms with Gasteiger partial charge in [-0.25, -0.2) is 9.36 Å². The summed E-state index contributed by atoms with van der Waals surface area (Å²) in [5, 5.41) is 0. The van der Waals surface area contributed by atoms with Gasteiger partial charge >= 0.3 is 6.03 Å². The quantitative estimate of drug-likeness (QED) is 0.565. The molecule has 5 heteroatoms. The molecule has 0 aliphatic carbocycles. The van der Waals surface area contributed by atoms with Gasteiger partial charge in [-0.05, 0) is 6.92 Å². The molecule has 1 fully saturated rings. The van der Waals surface area contributed by atoms with E-state index < -0.39 is 0 Å². The molecular formula is C10H16N3O2+. The van der Waals surface area contributed by atoms with Crippen LogP contribution in [0.25, 0.3) is 0 Å². The number of amides is 1. The van der Waals surface area contributed by atoms with Crippen LogP contribution in [0.2, 0.25) is 0 Å². The first-order valence-electron chi connectivity index (χ1n) is 5.11. The van der Waals surface area contributed by atoms with Crippen LogP contribution in [0.3, 0.4) is 0 Å². The van der Waals surface area contributed by atoms with Gasteiger partial charge < -0.3 is 4.74 Å². The summed E-state index contributed by atoms with van der Waals surface area (Å²) < 4.78 is 8.84. The fourth-order valence-corrected chi connectivity index (χ4v) is 1.72. The number of aromatic nitrogens is 2. The molecule has 1 atom stereocenters. The minimum atomic E-state index is 0.0192. The maximum absolute atomic E-state index is 12.0. The lowest BCUT2D eigenvalue weighted by Gasteiger charge is -2.29. The van der Waals surface area contributed by atoms with E-state index in [1.165, 1.54) is 0 Å². The van der Waals surface area contributed by atoms with Crippen molar-refractivity contribution < 1.29 is 14.1 Å². The van der Waals surface area contributed by atoms with Crippen LogP contribution in [-0.2, 0) is 11.8 Å². The van der Waals surface area contributed by atoms with Crippen LogP contribution >= 0.6 is 0 Å². The normalized spacial score (nSPS) is 21.7. The number of ether oxygens (including phenoxy) is 1. The highest BCUT2D eigenvalue weighted by atomic mass is 16.5. The van der Waals surface area contributed by atoms with Gasteiger partial charge in [0.25, 0.3) is 6.33 Å². The Hall–Kier alpha value is -1.36. The van der Waals surface area contributed by atoms with Gasteiger partial charge in [-0.3, -0.25) is 4.90 Å². The molecule has 1 aromatic rings. The minimum absolute atomic E-state index is 0.0192. The Balaban J connectivity index is 2.07. The predicted molar refractivity (Wildman–Crippen MR) is 53.4 cm³/mol. The Morgan fingerprint density at radius 2 is 2.40 bits per heavy atom.